The van der Waals surface area contributed by atoms with Gasteiger partial charge in [0, 0.05) is 39.8 Å². The lowest BCUT2D eigenvalue weighted by atomic mass is 10.1. The van der Waals surface area contributed by atoms with Crippen molar-refractivity contribution in [3.05, 3.63) is 23.9 Å². The second-order valence-corrected chi connectivity index (χ2v) is 4.87. The van der Waals surface area contributed by atoms with Gasteiger partial charge < -0.3 is 14.9 Å². The molecule has 5 nitrogen and oxygen atoms in total. The number of aliphatic hydroxyl groups excluding tert-OH is 1. The van der Waals surface area contributed by atoms with Crippen molar-refractivity contribution in [1.29, 1.82) is 0 Å². The molecule has 0 spiro atoms. The molecule has 5 heteroatoms. The molecule has 1 saturated heterocycles. The number of amides is 1. The third kappa shape index (κ3) is 2.98. The van der Waals surface area contributed by atoms with E-state index in [1.807, 2.05) is 37.3 Å². The van der Waals surface area contributed by atoms with Crippen LogP contribution in [0.1, 0.15) is 12.0 Å². The molecule has 18 heavy (non-hydrogen) atoms. The summed E-state index contributed by atoms with van der Waals surface area (Å²) in [5, 5.41) is 9.13. The molecular weight excluding hydrogens is 230 g/mol. The third-order valence-electron chi connectivity index (χ3n) is 3.11. The number of aromatic nitrogens is 1. The van der Waals surface area contributed by atoms with Crippen molar-refractivity contribution in [2.75, 3.05) is 32.1 Å². The Labute approximate surface area is 107 Å². The molecule has 0 atom stereocenters. The lowest BCUT2D eigenvalue weighted by Gasteiger charge is -2.35. The first-order chi connectivity index (χ1) is 8.56. The number of pyridine rings is 1. The SMILES string of the molecule is CN(C)c1ccc(CCC(=O)N2CC(O)C2)cn1. The van der Waals surface area contributed by atoms with Gasteiger partial charge in [-0.1, -0.05) is 6.07 Å². The summed E-state index contributed by atoms with van der Waals surface area (Å²) in [4.78, 5) is 19.6. The van der Waals surface area contributed by atoms with Crippen LogP contribution in [-0.2, 0) is 11.2 Å². The Bertz CT molecular complexity index is 411. The van der Waals surface area contributed by atoms with Crippen molar-refractivity contribution in [2.24, 2.45) is 0 Å². The third-order valence-corrected chi connectivity index (χ3v) is 3.11. The van der Waals surface area contributed by atoms with E-state index in [1.165, 1.54) is 0 Å². The van der Waals surface area contributed by atoms with Crippen LogP contribution in [0.2, 0.25) is 0 Å². The summed E-state index contributed by atoms with van der Waals surface area (Å²) in [6.45, 7) is 0.966. The van der Waals surface area contributed by atoms with Crippen LogP contribution in [0.4, 0.5) is 5.82 Å². The number of likely N-dealkylation sites (tertiary alicyclic amines) is 1. The van der Waals surface area contributed by atoms with Gasteiger partial charge in [0.05, 0.1) is 6.10 Å². The lowest BCUT2D eigenvalue weighted by Crippen LogP contribution is -2.53. The molecule has 1 aliphatic heterocycles. The molecule has 1 amide bonds. The van der Waals surface area contributed by atoms with Crippen LogP contribution in [0.15, 0.2) is 18.3 Å². The van der Waals surface area contributed by atoms with Crippen LogP contribution < -0.4 is 4.90 Å². The average molecular weight is 249 g/mol. The lowest BCUT2D eigenvalue weighted by molar-refractivity contribution is -0.141. The summed E-state index contributed by atoms with van der Waals surface area (Å²) in [5.74, 6) is 1.02. The second kappa shape index (κ2) is 5.35. The molecule has 1 aromatic heterocycles. The number of aryl methyl sites for hydroxylation is 1. The number of nitrogens with zero attached hydrogens (tertiary/aromatic N) is 3. The van der Waals surface area contributed by atoms with E-state index in [9.17, 15) is 4.79 Å². The normalized spacial score (nSPS) is 15.4. The summed E-state index contributed by atoms with van der Waals surface area (Å²) < 4.78 is 0. The minimum absolute atomic E-state index is 0.108. The van der Waals surface area contributed by atoms with Crippen molar-refractivity contribution < 1.29 is 9.90 Å². The van der Waals surface area contributed by atoms with Crippen molar-refractivity contribution in [1.82, 2.24) is 9.88 Å². The number of β-amino-alcohol motifs (C(OH)–C–C–N with tert-alkyl or cyclic N) is 1. The highest BCUT2D eigenvalue weighted by Gasteiger charge is 2.27. The monoisotopic (exact) mass is 249 g/mol. The highest BCUT2D eigenvalue weighted by Crippen LogP contribution is 2.13. The second-order valence-electron chi connectivity index (χ2n) is 4.87. The maximum atomic E-state index is 11.7. The molecule has 2 heterocycles. The van der Waals surface area contributed by atoms with Gasteiger partial charge in [-0.25, -0.2) is 4.98 Å². The van der Waals surface area contributed by atoms with E-state index in [0.29, 0.717) is 25.9 Å². The first-order valence-corrected chi connectivity index (χ1v) is 6.14. The van der Waals surface area contributed by atoms with Crippen molar-refractivity contribution in [3.63, 3.8) is 0 Å². The maximum absolute atomic E-state index is 11.7. The van der Waals surface area contributed by atoms with Crippen LogP contribution in [-0.4, -0.2) is 54.2 Å². The zero-order valence-electron chi connectivity index (χ0n) is 10.8. The fourth-order valence-electron chi connectivity index (χ4n) is 1.90. The van der Waals surface area contributed by atoms with Gasteiger partial charge in [-0.15, -0.1) is 0 Å². The molecule has 0 saturated carbocycles. The van der Waals surface area contributed by atoms with Crippen LogP contribution in [0.5, 0.6) is 0 Å². The van der Waals surface area contributed by atoms with Crippen molar-refractivity contribution in [2.45, 2.75) is 18.9 Å². The number of anilines is 1. The van der Waals surface area contributed by atoms with Gasteiger partial charge in [0.1, 0.15) is 5.82 Å². The van der Waals surface area contributed by atoms with Crippen LogP contribution in [0.25, 0.3) is 0 Å². The van der Waals surface area contributed by atoms with Crippen molar-refractivity contribution in [3.8, 4) is 0 Å². The molecule has 98 valence electrons. The van der Waals surface area contributed by atoms with E-state index in [4.69, 9.17) is 5.11 Å². The average Bonchev–Trinajstić information content (AvgIpc) is 2.32. The molecule has 0 radical (unpaired) electrons. The van der Waals surface area contributed by atoms with Crippen LogP contribution in [0, 0.1) is 0 Å². The first-order valence-electron chi connectivity index (χ1n) is 6.14. The number of aliphatic hydroxyl groups is 1. The van der Waals surface area contributed by atoms with E-state index in [0.717, 1.165) is 11.4 Å². The molecule has 2 rings (SSSR count). The number of carbonyl (C=O) groups is 1. The van der Waals surface area contributed by atoms with Gasteiger partial charge >= 0.3 is 0 Å². The molecule has 0 aromatic carbocycles. The number of hydrogen-bond acceptors (Lipinski definition) is 4. The summed E-state index contributed by atoms with van der Waals surface area (Å²) in [5.41, 5.74) is 1.06. The number of rotatable bonds is 4. The highest BCUT2D eigenvalue weighted by atomic mass is 16.3. The number of carbonyl (C=O) groups excluding carboxylic acids is 1. The van der Waals surface area contributed by atoms with E-state index in [1.54, 1.807) is 4.90 Å². The Morgan fingerprint density at radius 3 is 2.72 bits per heavy atom. The predicted octanol–water partition coefficient (Wildman–Crippen LogP) is 0.283. The summed E-state index contributed by atoms with van der Waals surface area (Å²) in [6, 6.07) is 3.95. The van der Waals surface area contributed by atoms with E-state index < -0.39 is 0 Å². The Kier molecular flexibility index (Phi) is 3.81. The topological polar surface area (TPSA) is 56.7 Å². The Morgan fingerprint density at radius 1 is 1.50 bits per heavy atom. The van der Waals surface area contributed by atoms with Crippen LogP contribution in [0.3, 0.4) is 0 Å². The molecule has 1 fully saturated rings. The molecule has 1 aromatic rings. The highest BCUT2D eigenvalue weighted by molar-refractivity contribution is 5.77. The van der Waals surface area contributed by atoms with Crippen molar-refractivity contribution >= 4 is 11.7 Å². The van der Waals surface area contributed by atoms with E-state index in [-0.39, 0.29) is 12.0 Å². The quantitative estimate of drug-likeness (QED) is 0.833. The van der Waals surface area contributed by atoms with Gasteiger partial charge in [-0.2, -0.15) is 0 Å². The van der Waals surface area contributed by atoms with Gasteiger partial charge in [-0.05, 0) is 18.1 Å². The van der Waals surface area contributed by atoms with Gasteiger partial charge in [0.25, 0.3) is 0 Å². The minimum atomic E-state index is -0.324. The molecular formula is C13H19N3O2. The Hall–Kier alpha value is -1.62. The molecule has 0 unspecified atom stereocenters. The predicted molar refractivity (Wildman–Crippen MR) is 69.5 cm³/mol. The summed E-state index contributed by atoms with van der Waals surface area (Å²) in [6.07, 6.45) is 2.67. The Morgan fingerprint density at radius 2 is 2.22 bits per heavy atom. The largest absolute Gasteiger partial charge is 0.389 e. The first kappa shape index (κ1) is 12.8. The van der Waals surface area contributed by atoms with Gasteiger partial charge in [0.2, 0.25) is 5.91 Å². The molecule has 0 aliphatic carbocycles. The van der Waals surface area contributed by atoms with E-state index in [2.05, 4.69) is 4.98 Å². The molecule has 0 bridgehead atoms. The summed E-state index contributed by atoms with van der Waals surface area (Å²) >= 11 is 0. The molecule has 1 N–H and O–H groups in total. The standard InChI is InChI=1S/C13H19N3O2/c1-15(2)12-5-3-10(7-14-12)4-6-13(18)16-8-11(17)9-16/h3,5,7,11,17H,4,6,8-9H2,1-2H3. The fraction of sp³-hybridized carbons (Fsp3) is 0.538. The maximum Gasteiger partial charge on any atom is 0.223 e. The van der Waals surface area contributed by atoms with Gasteiger partial charge in [-0.3, -0.25) is 4.79 Å². The van der Waals surface area contributed by atoms with Gasteiger partial charge in [0.15, 0.2) is 0 Å². The zero-order chi connectivity index (χ0) is 13.1. The minimum Gasteiger partial charge on any atom is -0.389 e. The van der Waals surface area contributed by atoms with E-state index >= 15 is 0 Å². The molecule has 1 aliphatic rings. The summed E-state index contributed by atoms with van der Waals surface area (Å²) in [7, 11) is 3.89. The van der Waals surface area contributed by atoms with Crippen LogP contribution >= 0.6 is 0 Å². The zero-order valence-corrected chi connectivity index (χ0v) is 10.8. The smallest absolute Gasteiger partial charge is 0.223 e. The number of hydrogen-bond donors (Lipinski definition) is 1. The Balaban J connectivity index is 1.81. The fourth-order valence-corrected chi connectivity index (χ4v) is 1.90.